The highest BCUT2D eigenvalue weighted by Crippen LogP contribution is 2.22. The molecule has 0 aliphatic heterocycles. The third kappa shape index (κ3) is 4.51. The molecule has 0 heterocycles. The van der Waals surface area contributed by atoms with Crippen LogP contribution in [0.25, 0.3) is 0 Å². The van der Waals surface area contributed by atoms with Gasteiger partial charge in [-0.1, -0.05) is 12.8 Å². The van der Waals surface area contributed by atoms with Gasteiger partial charge in [0.15, 0.2) is 0 Å². The van der Waals surface area contributed by atoms with Crippen molar-refractivity contribution in [2.75, 3.05) is 13.6 Å². The predicted octanol–water partition coefficient (Wildman–Crippen LogP) is 2.14. The summed E-state index contributed by atoms with van der Waals surface area (Å²) in [4.78, 5) is 2.43. The van der Waals surface area contributed by atoms with Gasteiger partial charge in [0.25, 0.3) is 0 Å². The third-order valence-corrected chi connectivity index (χ3v) is 3.41. The summed E-state index contributed by atoms with van der Waals surface area (Å²) < 4.78 is 0. The van der Waals surface area contributed by atoms with Crippen molar-refractivity contribution in [3.05, 3.63) is 0 Å². The summed E-state index contributed by atoms with van der Waals surface area (Å²) in [7, 11) is 2.19. The van der Waals surface area contributed by atoms with E-state index < -0.39 is 0 Å². The Morgan fingerprint density at radius 1 is 1.38 bits per heavy atom. The highest BCUT2D eigenvalue weighted by molar-refractivity contribution is 4.91. The number of nitrogens with one attached hydrogen (secondary N) is 1. The van der Waals surface area contributed by atoms with Gasteiger partial charge in [0, 0.05) is 18.6 Å². The van der Waals surface area contributed by atoms with Gasteiger partial charge in [-0.15, -0.1) is 0 Å². The first-order chi connectivity index (χ1) is 7.63. The first-order valence-electron chi connectivity index (χ1n) is 6.49. The molecule has 0 spiro atoms. The van der Waals surface area contributed by atoms with Crippen LogP contribution in [0.15, 0.2) is 0 Å². The van der Waals surface area contributed by atoms with E-state index >= 15 is 0 Å². The van der Waals surface area contributed by atoms with Crippen LogP contribution in [0, 0.1) is 11.3 Å². The average Bonchev–Trinajstić information content (AvgIpc) is 2.76. The van der Waals surface area contributed by atoms with Gasteiger partial charge in [-0.05, 0) is 40.2 Å². The lowest BCUT2D eigenvalue weighted by Crippen LogP contribution is -2.38. The lowest BCUT2D eigenvalue weighted by Gasteiger charge is -2.25. The van der Waals surface area contributed by atoms with Gasteiger partial charge in [0.05, 0.1) is 12.1 Å². The van der Waals surface area contributed by atoms with Crippen molar-refractivity contribution in [3.63, 3.8) is 0 Å². The van der Waals surface area contributed by atoms with E-state index in [1.165, 1.54) is 25.7 Å². The Hall–Kier alpha value is -0.590. The second kappa shape index (κ2) is 6.88. The van der Waals surface area contributed by atoms with Crippen LogP contribution in [0.2, 0.25) is 0 Å². The maximum absolute atomic E-state index is 9.02. The molecule has 1 unspecified atom stereocenters. The monoisotopic (exact) mass is 223 g/mol. The minimum absolute atomic E-state index is 0.00357. The minimum atomic E-state index is 0.00357. The van der Waals surface area contributed by atoms with Gasteiger partial charge in [0.2, 0.25) is 0 Å². The quantitative estimate of drug-likeness (QED) is 0.750. The Kier molecular flexibility index (Phi) is 5.79. The van der Waals surface area contributed by atoms with Crippen LogP contribution in [0.4, 0.5) is 0 Å². The van der Waals surface area contributed by atoms with E-state index in [2.05, 4.69) is 37.2 Å². The fourth-order valence-corrected chi connectivity index (χ4v) is 2.45. The first kappa shape index (κ1) is 13.5. The molecule has 1 rings (SSSR count). The van der Waals surface area contributed by atoms with Gasteiger partial charge in [0.1, 0.15) is 0 Å². The summed E-state index contributed by atoms with van der Waals surface area (Å²) in [5.41, 5.74) is 0. The molecule has 1 aliphatic carbocycles. The Morgan fingerprint density at radius 3 is 2.50 bits per heavy atom. The van der Waals surface area contributed by atoms with Gasteiger partial charge < -0.3 is 4.90 Å². The van der Waals surface area contributed by atoms with E-state index in [4.69, 9.17) is 5.26 Å². The van der Waals surface area contributed by atoms with E-state index in [0.717, 1.165) is 19.0 Å². The second-order valence-electron chi connectivity index (χ2n) is 5.21. The molecule has 1 atom stereocenters. The van der Waals surface area contributed by atoms with E-state index in [1.807, 2.05) is 0 Å². The molecular formula is C13H25N3. The van der Waals surface area contributed by atoms with Crippen LogP contribution in [-0.2, 0) is 0 Å². The first-order valence-corrected chi connectivity index (χ1v) is 6.49. The van der Waals surface area contributed by atoms with Crippen LogP contribution in [-0.4, -0.2) is 36.6 Å². The summed E-state index contributed by atoms with van der Waals surface area (Å²) in [6.45, 7) is 5.21. The molecule has 0 bridgehead atoms. The second-order valence-corrected chi connectivity index (χ2v) is 5.21. The molecule has 1 fully saturated rings. The summed E-state index contributed by atoms with van der Waals surface area (Å²) >= 11 is 0. The molecule has 1 aliphatic rings. The van der Waals surface area contributed by atoms with Crippen molar-refractivity contribution in [1.29, 1.82) is 5.26 Å². The summed E-state index contributed by atoms with van der Waals surface area (Å²) in [5.74, 6) is 0. The zero-order valence-corrected chi connectivity index (χ0v) is 10.9. The van der Waals surface area contributed by atoms with Gasteiger partial charge in [-0.25, -0.2) is 0 Å². The van der Waals surface area contributed by atoms with Crippen LogP contribution < -0.4 is 5.32 Å². The molecule has 3 nitrogen and oxygen atoms in total. The SMILES string of the molecule is CC(C)NC(C#N)CCN(C)C1CCCC1. The molecule has 3 heteroatoms. The predicted molar refractivity (Wildman–Crippen MR) is 67.2 cm³/mol. The number of hydrogen-bond donors (Lipinski definition) is 1. The average molecular weight is 223 g/mol. The fraction of sp³-hybridized carbons (Fsp3) is 0.923. The van der Waals surface area contributed by atoms with Gasteiger partial charge in [-0.2, -0.15) is 5.26 Å². The summed E-state index contributed by atoms with van der Waals surface area (Å²) in [6, 6.07) is 3.50. The van der Waals surface area contributed by atoms with Crippen LogP contribution in [0.1, 0.15) is 46.0 Å². The number of nitrogens with zero attached hydrogens (tertiary/aromatic N) is 2. The van der Waals surface area contributed by atoms with Gasteiger partial charge >= 0.3 is 0 Å². The lowest BCUT2D eigenvalue weighted by atomic mass is 10.1. The molecule has 0 aromatic rings. The van der Waals surface area contributed by atoms with Crippen molar-refractivity contribution < 1.29 is 0 Å². The fourth-order valence-electron chi connectivity index (χ4n) is 2.45. The van der Waals surface area contributed by atoms with E-state index in [-0.39, 0.29) is 6.04 Å². The molecule has 16 heavy (non-hydrogen) atoms. The van der Waals surface area contributed by atoms with Crippen LogP contribution >= 0.6 is 0 Å². The minimum Gasteiger partial charge on any atom is -0.303 e. The molecule has 0 radical (unpaired) electrons. The van der Waals surface area contributed by atoms with Crippen molar-refractivity contribution in [1.82, 2.24) is 10.2 Å². The van der Waals surface area contributed by atoms with Crippen molar-refractivity contribution in [2.24, 2.45) is 0 Å². The van der Waals surface area contributed by atoms with Crippen LogP contribution in [0.3, 0.4) is 0 Å². The van der Waals surface area contributed by atoms with E-state index in [0.29, 0.717) is 6.04 Å². The van der Waals surface area contributed by atoms with Gasteiger partial charge in [-0.3, -0.25) is 5.32 Å². The zero-order chi connectivity index (χ0) is 12.0. The third-order valence-electron chi connectivity index (χ3n) is 3.41. The standard InChI is InChI=1S/C13H25N3/c1-11(2)15-12(10-14)8-9-16(3)13-6-4-5-7-13/h11-13,15H,4-9H2,1-3H3. The van der Waals surface area contributed by atoms with Crippen molar-refractivity contribution >= 4 is 0 Å². The maximum Gasteiger partial charge on any atom is 0.0967 e. The summed E-state index contributed by atoms with van der Waals surface area (Å²) in [6.07, 6.45) is 6.36. The van der Waals surface area contributed by atoms with Crippen molar-refractivity contribution in [2.45, 2.75) is 64.1 Å². The largest absolute Gasteiger partial charge is 0.303 e. The molecule has 1 saturated carbocycles. The topological polar surface area (TPSA) is 39.1 Å². The highest BCUT2D eigenvalue weighted by atomic mass is 15.1. The molecule has 92 valence electrons. The lowest BCUT2D eigenvalue weighted by molar-refractivity contribution is 0.236. The number of rotatable bonds is 6. The molecule has 0 aromatic carbocycles. The molecule has 1 N–H and O–H groups in total. The normalized spacial score (nSPS) is 19.2. The Balaban J connectivity index is 2.23. The Bertz CT molecular complexity index is 226. The highest BCUT2D eigenvalue weighted by Gasteiger charge is 2.20. The van der Waals surface area contributed by atoms with Crippen molar-refractivity contribution in [3.8, 4) is 6.07 Å². The Morgan fingerprint density at radius 2 is 2.00 bits per heavy atom. The number of hydrogen-bond acceptors (Lipinski definition) is 3. The molecule has 0 aromatic heterocycles. The van der Waals surface area contributed by atoms with E-state index in [1.54, 1.807) is 0 Å². The van der Waals surface area contributed by atoms with Crippen LogP contribution in [0.5, 0.6) is 0 Å². The Labute approximate surface area is 99.8 Å². The summed E-state index contributed by atoms with van der Waals surface area (Å²) in [5, 5.41) is 12.3. The smallest absolute Gasteiger partial charge is 0.0967 e. The molecule has 0 saturated heterocycles. The van der Waals surface area contributed by atoms with E-state index in [9.17, 15) is 0 Å². The zero-order valence-electron chi connectivity index (χ0n) is 10.9. The maximum atomic E-state index is 9.02. The molecule has 0 amide bonds. The number of nitriles is 1. The molecular weight excluding hydrogens is 198 g/mol.